The van der Waals surface area contributed by atoms with Crippen LogP contribution in [0.15, 0.2) is 41.1 Å². The normalized spacial score (nSPS) is 10.3. The Morgan fingerprint density at radius 1 is 1.17 bits per heavy atom. The highest BCUT2D eigenvalue weighted by Gasteiger charge is 1.96. The number of aryl methyl sites for hydroxylation is 2. The first kappa shape index (κ1) is 7.22. The summed E-state index contributed by atoms with van der Waals surface area (Å²) in [6.45, 7) is 0. The summed E-state index contributed by atoms with van der Waals surface area (Å²) in [5.41, 5.74) is 1.26. The van der Waals surface area contributed by atoms with E-state index in [1.807, 2.05) is 24.4 Å². The van der Waals surface area contributed by atoms with Gasteiger partial charge in [-0.1, -0.05) is 0 Å². The third kappa shape index (κ3) is 1.59. The quantitative estimate of drug-likeness (QED) is 0.735. The molecule has 0 aliphatic rings. The maximum absolute atomic E-state index is 5.22. The summed E-state index contributed by atoms with van der Waals surface area (Å²) in [5.74, 6) is 1.05. The van der Waals surface area contributed by atoms with Gasteiger partial charge in [-0.2, -0.15) is 0 Å². The first-order valence-electron chi connectivity index (χ1n) is 4.10. The van der Waals surface area contributed by atoms with Gasteiger partial charge in [-0.3, -0.25) is 0 Å². The molecule has 0 radical (unpaired) electrons. The number of aromatic amines is 1. The van der Waals surface area contributed by atoms with E-state index >= 15 is 0 Å². The average molecular weight is 161 g/mol. The van der Waals surface area contributed by atoms with Crippen molar-refractivity contribution in [2.75, 3.05) is 0 Å². The van der Waals surface area contributed by atoms with E-state index in [1.165, 1.54) is 5.69 Å². The summed E-state index contributed by atoms with van der Waals surface area (Å²) >= 11 is 0. The number of furan rings is 1. The third-order valence-corrected chi connectivity index (χ3v) is 1.88. The van der Waals surface area contributed by atoms with E-state index in [4.69, 9.17) is 4.42 Å². The van der Waals surface area contributed by atoms with Gasteiger partial charge in [0, 0.05) is 18.3 Å². The van der Waals surface area contributed by atoms with Gasteiger partial charge in [0.2, 0.25) is 0 Å². The number of hydrogen-bond donors (Lipinski definition) is 1. The molecule has 2 heteroatoms. The van der Waals surface area contributed by atoms with E-state index in [9.17, 15) is 0 Å². The molecular formula is C10H11NO. The van der Waals surface area contributed by atoms with Crippen LogP contribution in [0.4, 0.5) is 0 Å². The molecule has 0 amide bonds. The molecule has 2 aromatic heterocycles. The molecule has 0 saturated heterocycles. The van der Waals surface area contributed by atoms with Crippen molar-refractivity contribution in [3.05, 3.63) is 48.2 Å². The molecule has 1 N–H and O–H groups in total. The van der Waals surface area contributed by atoms with E-state index in [2.05, 4.69) is 11.1 Å². The second-order valence-corrected chi connectivity index (χ2v) is 2.77. The van der Waals surface area contributed by atoms with Gasteiger partial charge in [-0.25, -0.2) is 0 Å². The monoisotopic (exact) mass is 161 g/mol. The first-order valence-corrected chi connectivity index (χ1v) is 4.10. The van der Waals surface area contributed by atoms with Gasteiger partial charge >= 0.3 is 0 Å². The van der Waals surface area contributed by atoms with Crippen LogP contribution in [0.3, 0.4) is 0 Å². The van der Waals surface area contributed by atoms with Crippen molar-refractivity contribution in [3.63, 3.8) is 0 Å². The zero-order valence-electron chi connectivity index (χ0n) is 6.79. The molecule has 2 rings (SSSR count). The molecule has 0 aliphatic carbocycles. The Morgan fingerprint density at radius 2 is 2.17 bits per heavy atom. The predicted octanol–water partition coefficient (Wildman–Crippen LogP) is 2.39. The predicted molar refractivity (Wildman–Crippen MR) is 46.9 cm³/mol. The highest BCUT2D eigenvalue weighted by molar-refractivity contribution is 5.07. The Hall–Kier alpha value is -1.44. The molecule has 0 fully saturated rings. The first-order chi connectivity index (χ1) is 5.95. The van der Waals surface area contributed by atoms with Crippen molar-refractivity contribution in [2.45, 2.75) is 12.8 Å². The minimum absolute atomic E-state index is 0.966. The molecule has 62 valence electrons. The lowest BCUT2D eigenvalue weighted by Crippen LogP contribution is -1.88. The molecule has 0 bridgehead atoms. The summed E-state index contributed by atoms with van der Waals surface area (Å²) in [6, 6.07) is 8.02. The van der Waals surface area contributed by atoms with Crippen LogP contribution < -0.4 is 0 Å². The SMILES string of the molecule is c1c[nH]c(CCc2ccco2)c1. The molecule has 12 heavy (non-hydrogen) atoms. The zero-order chi connectivity index (χ0) is 8.23. The van der Waals surface area contributed by atoms with Crippen molar-refractivity contribution in [3.8, 4) is 0 Å². The maximum Gasteiger partial charge on any atom is 0.104 e. The summed E-state index contributed by atoms with van der Waals surface area (Å²) in [4.78, 5) is 3.16. The Bertz CT molecular complexity index is 273. The van der Waals surface area contributed by atoms with Crippen LogP contribution in [0.5, 0.6) is 0 Å². The van der Waals surface area contributed by atoms with Gasteiger partial charge in [-0.15, -0.1) is 0 Å². The molecule has 0 atom stereocenters. The summed E-state index contributed by atoms with van der Waals surface area (Å²) < 4.78 is 5.22. The van der Waals surface area contributed by atoms with E-state index in [1.54, 1.807) is 6.26 Å². The van der Waals surface area contributed by atoms with Crippen LogP contribution in [0, 0.1) is 0 Å². The van der Waals surface area contributed by atoms with Crippen molar-refractivity contribution in [1.82, 2.24) is 4.98 Å². The smallest absolute Gasteiger partial charge is 0.104 e. The lowest BCUT2D eigenvalue weighted by atomic mass is 10.2. The molecule has 2 nitrogen and oxygen atoms in total. The molecule has 0 aliphatic heterocycles. The summed E-state index contributed by atoms with van der Waals surface area (Å²) in [7, 11) is 0. The van der Waals surface area contributed by atoms with Crippen molar-refractivity contribution in [2.24, 2.45) is 0 Å². The van der Waals surface area contributed by atoms with Crippen LogP contribution in [-0.4, -0.2) is 4.98 Å². The van der Waals surface area contributed by atoms with Crippen molar-refractivity contribution < 1.29 is 4.42 Å². The molecule has 0 saturated carbocycles. The Kier molecular flexibility index (Phi) is 1.99. The Morgan fingerprint density at radius 3 is 2.83 bits per heavy atom. The molecule has 0 spiro atoms. The summed E-state index contributed by atoms with van der Waals surface area (Å²) in [6.07, 6.45) is 5.63. The molecule has 0 unspecified atom stereocenters. The Labute approximate surface area is 71.2 Å². The lowest BCUT2D eigenvalue weighted by molar-refractivity contribution is 0.508. The van der Waals surface area contributed by atoms with Crippen LogP contribution in [0.2, 0.25) is 0 Å². The maximum atomic E-state index is 5.22. The van der Waals surface area contributed by atoms with Crippen molar-refractivity contribution >= 4 is 0 Å². The zero-order valence-corrected chi connectivity index (χ0v) is 6.79. The minimum Gasteiger partial charge on any atom is -0.469 e. The molecule has 2 heterocycles. The fourth-order valence-corrected chi connectivity index (χ4v) is 1.24. The fourth-order valence-electron chi connectivity index (χ4n) is 1.24. The van der Waals surface area contributed by atoms with Gasteiger partial charge in [0.15, 0.2) is 0 Å². The summed E-state index contributed by atoms with van der Waals surface area (Å²) in [5, 5.41) is 0. The number of H-pyrrole nitrogens is 1. The van der Waals surface area contributed by atoms with Gasteiger partial charge < -0.3 is 9.40 Å². The number of hydrogen-bond acceptors (Lipinski definition) is 1. The van der Waals surface area contributed by atoms with E-state index in [0.29, 0.717) is 0 Å². The van der Waals surface area contributed by atoms with E-state index < -0.39 is 0 Å². The topological polar surface area (TPSA) is 28.9 Å². The Balaban J connectivity index is 1.91. The third-order valence-electron chi connectivity index (χ3n) is 1.88. The molecule has 0 aromatic carbocycles. The van der Waals surface area contributed by atoms with Gasteiger partial charge in [0.05, 0.1) is 6.26 Å². The number of nitrogens with one attached hydrogen (secondary N) is 1. The number of rotatable bonds is 3. The largest absolute Gasteiger partial charge is 0.469 e. The van der Waals surface area contributed by atoms with Gasteiger partial charge in [0.25, 0.3) is 0 Å². The average Bonchev–Trinajstić information content (AvgIpc) is 2.74. The lowest BCUT2D eigenvalue weighted by Gasteiger charge is -1.93. The second-order valence-electron chi connectivity index (χ2n) is 2.77. The van der Waals surface area contributed by atoms with Crippen LogP contribution in [-0.2, 0) is 12.8 Å². The van der Waals surface area contributed by atoms with Gasteiger partial charge in [-0.05, 0) is 30.7 Å². The highest BCUT2D eigenvalue weighted by atomic mass is 16.3. The van der Waals surface area contributed by atoms with E-state index in [0.717, 1.165) is 18.6 Å². The fraction of sp³-hybridized carbons (Fsp3) is 0.200. The van der Waals surface area contributed by atoms with Crippen LogP contribution in [0.1, 0.15) is 11.5 Å². The van der Waals surface area contributed by atoms with E-state index in [-0.39, 0.29) is 0 Å². The van der Waals surface area contributed by atoms with Crippen LogP contribution in [0.25, 0.3) is 0 Å². The highest BCUT2D eigenvalue weighted by Crippen LogP contribution is 2.05. The van der Waals surface area contributed by atoms with Crippen molar-refractivity contribution in [1.29, 1.82) is 0 Å². The number of aromatic nitrogens is 1. The second kappa shape index (κ2) is 3.30. The minimum atomic E-state index is 0.966. The van der Waals surface area contributed by atoms with Gasteiger partial charge in [0.1, 0.15) is 5.76 Å². The van der Waals surface area contributed by atoms with Crippen LogP contribution >= 0.6 is 0 Å². The molecule has 2 aromatic rings. The standard InChI is InChI=1S/C10H11NO/c1-3-9(11-7-1)5-6-10-4-2-8-12-10/h1-4,7-8,11H,5-6H2. The molecular weight excluding hydrogens is 150 g/mol.